The number of benzene rings is 2. The molecule has 6 N–H and O–H groups in total. The van der Waals surface area contributed by atoms with E-state index >= 15 is 0 Å². The maximum absolute atomic E-state index is 10.7. The van der Waals surface area contributed by atoms with Crippen molar-refractivity contribution in [2.45, 2.75) is 74.7 Å². The van der Waals surface area contributed by atoms with Crippen LogP contribution in [0.2, 0.25) is 0 Å². The van der Waals surface area contributed by atoms with Gasteiger partial charge >= 0.3 is 11.0 Å². The molecule has 0 unspecified atom stereocenters. The van der Waals surface area contributed by atoms with Crippen molar-refractivity contribution in [2.24, 2.45) is 0 Å². The van der Waals surface area contributed by atoms with Crippen LogP contribution >= 0.6 is 24.4 Å². The predicted molar refractivity (Wildman–Crippen MR) is 172 cm³/mol. The molecular weight excluding hydrogens is 731 g/mol. The Morgan fingerprint density at radius 3 is 1.17 bits per heavy atom. The molecule has 2 aromatic carbocycles. The van der Waals surface area contributed by atoms with Gasteiger partial charge in [0.2, 0.25) is 0 Å². The van der Waals surface area contributed by atoms with E-state index in [1.807, 2.05) is 12.1 Å². The highest BCUT2D eigenvalue weighted by Crippen LogP contribution is 2.21. The highest BCUT2D eigenvalue weighted by molar-refractivity contribution is 7.86. The Labute approximate surface area is 287 Å². The number of rotatable bonds is 6. The Morgan fingerprint density at radius 1 is 0.688 bits per heavy atom. The second kappa shape index (κ2) is 19.7. The Morgan fingerprint density at radius 2 is 0.958 bits per heavy atom. The summed E-state index contributed by atoms with van der Waals surface area (Å²) in [6, 6.07) is 22.5. The van der Waals surface area contributed by atoms with Gasteiger partial charge in [0.15, 0.2) is 20.2 Å². The van der Waals surface area contributed by atoms with Crippen molar-refractivity contribution in [3.63, 3.8) is 0 Å². The first kappa shape index (κ1) is 43.6. The zero-order chi connectivity index (χ0) is 36.8. The van der Waals surface area contributed by atoms with Crippen LogP contribution in [0.1, 0.15) is 62.7 Å². The van der Waals surface area contributed by atoms with Gasteiger partial charge < -0.3 is 30.4 Å². The van der Waals surface area contributed by atoms with E-state index in [-0.39, 0.29) is 0 Å². The summed E-state index contributed by atoms with van der Waals surface area (Å²) in [5, 5.41) is 11.6. The molecule has 2 aromatic rings. The molecule has 0 amide bonds. The van der Waals surface area contributed by atoms with E-state index < -0.39 is 31.3 Å². The molecule has 0 bridgehead atoms. The Bertz CT molecular complexity index is 1370. The molecule has 4 rings (SSSR count). The molecule has 2 heterocycles. The first-order chi connectivity index (χ1) is 22.0. The standard InChI is InChI=1S/2C13H18N2S.2CHF3O3S/c2*1-10(11-6-3-2-4-7-11)15-13(16)12-8-5-9-14-12;2*2-1(3,4)8(5,6)7/h2*2-4,6-7,10,12,14H,5,8-9H2,1H3,(H,15,16);2*(H,5,6,7)/t2*10-,12+;;/m11../s1. The lowest BCUT2D eigenvalue weighted by Gasteiger charge is -2.18. The fraction of sp³-hybridized carbons (Fsp3) is 0.500. The summed E-state index contributed by atoms with van der Waals surface area (Å²) < 4.78 is 118. The molecule has 20 heteroatoms. The van der Waals surface area contributed by atoms with Crippen molar-refractivity contribution < 1.29 is 62.9 Å². The topological polar surface area (TPSA) is 172 Å². The number of quaternary nitrogens is 2. The molecule has 4 atom stereocenters. The summed E-state index contributed by atoms with van der Waals surface area (Å²) in [7, 11) is -12.2. The van der Waals surface area contributed by atoms with Gasteiger partial charge in [0.25, 0.3) is 0 Å². The third-order valence-corrected chi connectivity index (χ3v) is 8.87. The average Bonchev–Trinajstić information content (AvgIpc) is 3.73. The third-order valence-electron chi connectivity index (χ3n) is 6.90. The van der Waals surface area contributed by atoms with Gasteiger partial charge in [-0.1, -0.05) is 85.1 Å². The van der Waals surface area contributed by atoms with E-state index in [9.17, 15) is 26.3 Å². The molecule has 2 fully saturated rings. The largest absolute Gasteiger partial charge is 0.741 e. The quantitative estimate of drug-likeness (QED) is 0.148. The molecule has 0 aliphatic carbocycles. The number of halogens is 6. The number of nitrogens with one attached hydrogen (secondary N) is 2. The van der Waals surface area contributed by atoms with Gasteiger partial charge in [-0.25, -0.2) is 16.8 Å². The number of hydrogen-bond acceptors (Lipinski definition) is 8. The molecule has 0 saturated carbocycles. The van der Waals surface area contributed by atoms with Crippen molar-refractivity contribution in [1.82, 2.24) is 10.6 Å². The molecule has 0 aromatic heterocycles. The van der Waals surface area contributed by atoms with Crippen LogP contribution in [0.4, 0.5) is 26.3 Å². The van der Waals surface area contributed by atoms with Gasteiger partial charge in [0.1, 0.15) is 22.1 Å². The lowest BCUT2D eigenvalue weighted by molar-refractivity contribution is -0.654. The van der Waals surface area contributed by atoms with Gasteiger partial charge in [0.05, 0.1) is 13.1 Å². The van der Waals surface area contributed by atoms with Crippen LogP contribution in [0.3, 0.4) is 0 Å². The molecule has 0 spiro atoms. The first-order valence-electron chi connectivity index (χ1n) is 14.5. The summed E-state index contributed by atoms with van der Waals surface area (Å²) in [5.41, 5.74) is -8.70. The summed E-state index contributed by atoms with van der Waals surface area (Å²) in [5.74, 6) is 0. The number of nitrogens with two attached hydrogens (primary N) is 2. The number of thiocarbonyl (C=S) groups is 2. The highest BCUT2D eigenvalue weighted by atomic mass is 32.2. The van der Waals surface area contributed by atoms with E-state index in [0.29, 0.717) is 24.2 Å². The summed E-state index contributed by atoms with van der Waals surface area (Å²) in [6.45, 7) is 6.76. The zero-order valence-corrected chi connectivity index (χ0v) is 29.1. The van der Waals surface area contributed by atoms with E-state index in [4.69, 9.17) is 50.4 Å². The minimum Gasteiger partial charge on any atom is -0.741 e. The molecule has 2 aliphatic heterocycles. The second-order valence-electron chi connectivity index (χ2n) is 10.6. The highest BCUT2D eigenvalue weighted by Gasteiger charge is 2.37. The van der Waals surface area contributed by atoms with E-state index in [1.165, 1.54) is 49.9 Å². The third kappa shape index (κ3) is 16.3. The van der Waals surface area contributed by atoms with Crippen molar-refractivity contribution in [3.05, 3.63) is 71.8 Å². The van der Waals surface area contributed by atoms with Crippen LogP contribution in [-0.2, 0) is 20.2 Å². The maximum Gasteiger partial charge on any atom is 0.485 e. The molecule has 2 aliphatic rings. The Kier molecular flexibility index (Phi) is 17.8. The Hall–Kier alpha value is -2.46. The monoisotopic (exact) mass is 768 g/mol. The van der Waals surface area contributed by atoms with Crippen LogP contribution in [-0.4, -0.2) is 72.1 Å². The number of alkyl halides is 6. The normalized spacial score (nSPS) is 19.1. The molecular formula is C28H38F6N4O6S4. The van der Waals surface area contributed by atoms with E-state index in [2.05, 4.69) is 83.6 Å². The minimum atomic E-state index is -6.09. The average molecular weight is 769 g/mol. The summed E-state index contributed by atoms with van der Waals surface area (Å²) in [4.78, 5) is 2.02. The van der Waals surface area contributed by atoms with Gasteiger partial charge in [-0.2, -0.15) is 26.3 Å². The van der Waals surface area contributed by atoms with Crippen molar-refractivity contribution >= 4 is 54.6 Å². The fourth-order valence-electron chi connectivity index (χ4n) is 4.32. The van der Waals surface area contributed by atoms with E-state index in [0.717, 1.165) is 9.98 Å². The van der Waals surface area contributed by atoms with Gasteiger partial charge in [-0.3, -0.25) is 0 Å². The van der Waals surface area contributed by atoms with Gasteiger partial charge in [-0.15, -0.1) is 0 Å². The van der Waals surface area contributed by atoms with Gasteiger partial charge in [-0.05, 0) is 25.0 Å². The van der Waals surface area contributed by atoms with E-state index in [1.54, 1.807) is 0 Å². The smallest absolute Gasteiger partial charge is 0.485 e. The lowest BCUT2D eigenvalue weighted by Crippen LogP contribution is -2.89. The first-order valence-corrected chi connectivity index (χ1v) is 18.1. The predicted octanol–water partition coefficient (Wildman–Crippen LogP) is 2.88. The molecule has 10 nitrogen and oxygen atoms in total. The van der Waals surface area contributed by atoms with Crippen molar-refractivity contribution in [3.8, 4) is 0 Å². The summed E-state index contributed by atoms with van der Waals surface area (Å²) >= 11 is 10.9. The van der Waals surface area contributed by atoms with Gasteiger partial charge in [0, 0.05) is 37.8 Å². The fourth-order valence-corrected chi connectivity index (χ4v) is 5.10. The number of hydrogen-bond donors (Lipinski definition) is 4. The Balaban J connectivity index is 0.000000339. The molecule has 0 radical (unpaired) electrons. The zero-order valence-electron chi connectivity index (χ0n) is 25.8. The molecule has 48 heavy (non-hydrogen) atoms. The summed E-state index contributed by atoms with van der Waals surface area (Å²) in [6.07, 6.45) is 5.00. The lowest BCUT2D eigenvalue weighted by atomic mass is 10.1. The van der Waals surface area contributed by atoms with Crippen LogP contribution in [0.15, 0.2) is 60.7 Å². The molecule has 2 saturated heterocycles. The van der Waals surface area contributed by atoms with Crippen LogP contribution in [0.5, 0.6) is 0 Å². The second-order valence-corrected chi connectivity index (χ2v) is 14.2. The van der Waals surface area contributed by atoms with Crippen LogP contribution in [0, 0.1) is 0 Å². The van der Waals surface area contributed by atoms with Crippen LogP contribution < -0.4 is 21.3 Å². The molecule has 272 valence electrons. The maximum atomic E-state index is 10.7. The van der Waals surface area contributed by atoms with Crippen molar-refractivity contribution in [2.75, 3.05) is 13.1 Å². The van der Waals surface area contributed by atoms with Crippen LogP contribution in [0.25, 0.3) is 0 Å². The minimum absolute atomic E-state index is 0.308. The SMILES string of the molecule is C[C@@H](NC(=S)[C@@H]1CCC[NH2+]1)c1ccccc1.C[C@@H](NC(=S)[C@@H]1CCC[NH2+]1)c1ccccc1.O=S(=O)([O-])C(F)(F)F.O=S(=O)([O-])C(F)(F)F. The van der Waals surface area contributed by atoms with Crippen molar-refractivity contribution in [1.29, 1.82) is 0 Å².